The Kier molecular flexibility index (Phi) is 2.96. The molecular formula is C11H16N2. The van der Waals surface area contributed by atoms with Crippen LogP contribution in [0.15, 0.2) is 30.4 Å². The molecule has 0 fully saturated rings. The monoisotopic (exact) mass is 176 g/mol. The molecule has 0 aliphatic carbocycles. The molecule has 0 unspecified atom stereocenters. The second-order valence-electron chi connectivity index (χ2n) is 3.38. The highest BCUT2D eigenvalue weighted by Crippen LogP contribution is 2.16. The molecule has 0 atom stereocenters. The quantitative estimate of drug-likeness (QED) is 0.548. The first-order chi connectivity index (χ1) is 6.09. The molecule has 70 valence electrons. The van der Waals surface area contributed by atoms with Gasteiger partial charge in [-0.1, -0.05) is 12.2 Å². The standard InChI is InChI=1S/C11H16N2/c1-8(2)7-13-10-4-5-11(12)9(3)6-10/h4-6,13H,1,7,12H2,2-3H3. The third-order valence-electron chi connectivity index (χ3n) is 1.86. The van der Waals surface area contributed by atoms with Gasteiger partial charge >= 0.3 is 0 Å². The van der Waals surface area contributed by atoms with Gasteiger partial charge < -0.3 is 11.1 Å². The first kappa shape index (κ1) is 9.65. The van der Waals surface area contributed by atoms with Gasteiger partial charge in [0.05, 0.1) is 0 Å². The lowest BCUT2D eigenvalue weighted by Gasteiger charge is -2.07. The predicted octanol–water partition coefficient (Wildman–Crippen LogP) is 2.57. The van der Waals surface area contributed by atoms with E-state index in [-0.39, 0.29) is 0 Å². The summed E-state index contributed by atoms with van der Waals surface area (Å²) in [5.41, 5.74) is 9.85. The number of aryl methyl sites for hydroxylation is 1. The van der Waals surface area contributed by atoms with Crippen LogP contribution in [-0.4, -0.2) is 6.54 Å². The van der Waals surface area contributed by atoms with E-state index in [4.69, 9.17) is 5.73 Å². The van der Waals surface area contributed by atoms with E-state index in [2.05, 4.69) is 11.9 Å². The lowest BCUT2D eigenvalue weighted by Crippen LogP contribution is -2.02. The normalized spacial score (nSPS) is 9.69. The molecule has 0 saturated heterocycles. The van der Waals surface area contributed by atoms with Crippen LogP contribution in [0.25, 0.3) is 0 Å². The third kappa shape index (κ3) is 2.82. The molecule has 0 heterocycles. The largest absolute Gasteiger partial charge is 0.399 e. The molecule has 0 aliphatic heterocycles. The highest BCUT2D eigenvalue weighted by Gasteiger charge is 1.95. The summed E-state index contributed by atoms with van der Waals surface area (Å²) in [7, 11) is 0. The van der Waals surface area contributed by atoms with Gasteiger partial charge in [-0.15, -0.1) is 0 Å². The molecule has 2 nitrogen and oxygen atoms in total. The van der Waals surface area contributed by atoms with Crippen LogP contribution in [0, 0.1) is 6.92 Å². The number of nitrogens with one attached hydrogen (secondary N) is 1. The maximum atomic E-state index is 5.70. The smallest absolute Gasteiger partial charge is 0.0354 e. The van der Waals surface area contributed by atoms with Gasteiger partial charge in [-0.25, -0.2) is 0 Å². The SMILES string of the molecule is C=C(C)CNc1ccc(N)c(C)c1. The summed E-state index contributed by atoms with van der Waals surface area (Å²) in [6.07, 6.45) is 0. The first-order valence-corrected chi connectivity index (χ1v) is 4.34. The summed E-state index contributed by atoms with van der Waals surface area (Å²) >= 11 is 0. The van der Waals surface area contributed by atoms with E-state index in [0.717, 1.165) is 29.1 Å². The molecule has 1 aromatic carbocycles. The van der Waals surface area contributed by atoms with Gasteiger partial charge in [0.1, 0.15) is 0 Å². The topological polar surface area (TPSA) is 38.0 Å². The Labute approximate surface area is 79.5 Å². The number of rotatable bonds is 3. The molecule has 0 saturated carbocycles. The van der Waals surface area contributed by atoms with Crippen LogP contribution >= 0.6 is 0 Å². The summed E-state index contributed by atoms with van der Waals surface area (Å²) in [6, 6.07) is 5.93. The Morgan fingerprint density at radius 2 is 2.23 bits per heavy atom. The van der Waals surface area contributed by atoms with E-state index in [1.165, 1.54) is 0 Å². The van der Waals surface area contributed by atoms with Crippen LogP contribution < -0.4 is 11.1 Å². The van der Waals surface area contributed by atoms with Crippen molar-refractivity contribution in [1.29, 1.82) is 0 Å². The molecular weight excluding hydrogens is 160 g/mol. The molecule has 2 heteroatoms. The minimum atomic E-state index is 0.809. The number of nitrogens with two attached hydrogens (primary N) is 1. The fourth-order valence-corrected chi connectivity index (χ4v) is 1.04. The fraction of sp³-hybridized carbons (Fsp3) is 0.273. The van der Waals surface area contributed by atoms with Crippen molar-refractivity contribution in [3.05, 3.63) is 35.9 Å². The fourth-order valence-electron chi connectivity index (χ4n) is 1.04. The van der Waals surface area contributed by atoms with Gasteiger partial charge in [0, 0.05) is 17.9 Å². The van der Waals surface area contributed by atoms with Crippen LogP contribution in [0.4, 0.5) is 11.4 Å². The lowest BCUT2D eigenvalue weighted by atomic mass is 10.2. The Balaban J connectivity index is 2.68. The zero-order valence-corrected chi connectivity index (χ0v) is 8.22. The van der Waals surface area contributed by atoms with Crippen molar-refractivity contribution in [2.75, 3.05) is 17.6 Å². The maximum Gasteiger partial charge on any atom is 0.0354 e. The molecule has 0 radical (unpaired) electrons. The van der Waals surface area contributed by atoms with Crippen molar-refractivity contribution >= 4 is 11.4 Å². The number of nitrogen functional groups attached to an aromatic ring is 1. The van der Waals surface area contributed by atoms with Gasteiger partial charge in [-0.2, -0.15) is 0 Å². The van der Waals surface area contributed by atoms with Crippen LogP contribution in [0.2, 0.25) is 0 Å². The van der Waals surface area contributed by atoms with E-state index >= 15 is 0 Å². The van der Waals surface area contributed by atoms with Gasteiger partial charge in [0.2, 0.25) is 0 Å². The minimum Gasteiger partial charge on any atom is -0.399 e. The van der Waals surface area contributed by atoms with Crippen molar-refractivity contribution < 1.29 is 0 Å². The maximum absolute atomic E-state index is 5.70. The second-order valence-corrected chi connectivity index (χ2v) is 3.38. The Morgan fingerprint density at radius 1 is 1.54 bits per heavy atom. The first-order valence-electron chi connectivity index (χ1n) is 4.34. The molecule has 13 heavy (non-hydrogen) atoms. The number of benzene rings is 1. The summed E-state index contributed by atoms with van der Waals surface area (Å²) in [5.74, 6) is 0. The Morgan fingerprint density at radius 3 is 2.77 bits per heavy atom. The van der Waals surface area contributed by atoms with E-state index in [0.29, 0.717) is 0 Å². The molecule has 0 aliphatic rings. The second kappa shape index (κ2) is 3.99. The van der Waals surface area contributed by atoms with E-state index in [1.54, 1.807) is 0 Å². The van der Waals surface area contributed by atoms with Crippen molar-refractivity contribution in [2.24, 2.45) is 0 Å². The molecule has 1 aromatic rings. The van der Waals surface area contributed by atoms with Crippen LogP contribution in [-0.2, 0) is 0 Å². The zero-order chi connectivity index (χ0) is 9.84. The highest BCUT2D eigenvalue weighted by molar-refractivity contribution is 5.56. The molecule has 1 rings (SSSR count). The van der Waals surface area contributed by atoms with Gasteiger partial charge in [0.25, 0.3) is 0 Å². The Hall–Kier alpha value is -1.44. The van der Waals surface area contributed by atoms with Crippen LogP contribution in [0.5, 0.6) is 0 Å². The predicted molar refractivity (Wildman–Crippen MR) is 58.9 cm³/mol. The Bertz CT molecular complexity index is 316. The van der Waals surface area contributed by atoms with E-state index in [1.807, 2.05) is 32.0 Å². The highest BCUT2D eigenvalue weighted by atomic mass is 14.9. The zero-order valence-electron chi connectivity index (χ0n) is 8.22. The number of hydrogen-bond donors (Lipinski definition) is 2. The van der Waals surface area contributed by atoms with Gasteiger partial charge in [0.15, 0.2) is 0 Å². The molecule has 3 N–H and O–H groups in total. The van der Waals surface area contributed by atoms with Crippen molar-refractivity contribution in [2.45, 2.75) is 13.8 Å². The summed E-state index contributed by atoms with van der Waals surface area (Å²) in [6.45, 7) is 8.63. The third-order valence-corrected chi connectivity index (χ3v) is 1.86. The van der Waals surface area contributed by atoms with Crippen molar-refractivity contribution in [3.8, 4) is 0 Å². The number of hydrogen-bond acceptors (Lipinski definition) is 2. The number of anilines is 2. The summed E-state index contributed by atoms with van der Waals surface area (Å²) < 4.78 is 0. The lowest BCUT2D eigenvalue weighted by molar-refractivity contribution is 1.21. The molecule has 0 spiro atoms. The molecule has 0 aromatic heterocycles. The minimum absolute atomic E-state index is 0.809. The average Bonchev–Trinajstić information content (AvgIpc) is 2.07. The molecule has 0 bridgehead atoms. The van der Waals surface area contributed by atoms with Gasteiger partial charge in [-0.05, 0) is 37.6 Å². The van der Waals surface area contributed by atoms with Gasteiger partial charge in [-0.3, -0.25) is 0 Å². The van der Waals surface area contributed by atoms with Crippen LogP contribution in [0.1, 0.15) is 12.5 Å². The van der Waals surface area contributed by atoms with Crippen molar-refractivity contribution in [3.63, 3.8) is 0 Å². The summed E-state index contributed by atoms with van der Waals surface area (Å²) in [4.78, 5) is 0. The van der Waals surface area contributed by atoms with Crippen molar-refractivity contribution in [1.82, 2.24) is 0 Å². The van der Waals surface area contributed by atoms with E-state index in [9.17, 15) is 0 Å². The average molecular weight is 176 g/mol. The van der Waals surface area contributed by atoms with E-state index < -0.39 is 0 Å². The molecule has 0 amide bonds. The summed E-state index contributed by atoms with van der Waals surface area (Å²) in [5, 5.41) is 3.26. The van der Waals surface area contributed by atoms with Crippen LogP contribution in [0.3, 0.4) is 0 Å².